The number of carboxylic acid groups (broad SMARTS) is 2. The van der Waals surface area contributed by atoms with Crippen molar-refractivity contribution >= 4 is 22.8 Å². The highest BCUT2D eigenvalue weighted by Crippen LogP contribution is 2.20. The van der Waals surface area contributed by atoms with Gasteiger partial charge in [0.1, 0.15) is 5.56 Å². The summed E-state index contributed by atoms with van der Waals surface area (Å²) in [6.45, 7) is 0. The Morgan fingerprint density at radius 2 is 1.81 bits per heavy atom. The number of rotatable bonds is 2. The van der Waals surface area contributed by atoms with Crippen LogP contribution in [0, 0.1) is 0 Å². The normalized spacial score (nSPS) is 10.2. The van der Waals surface area contributed by atoms with Gasteiger partial charge in [0.05, 0.1) is 11.1 Å². The number of hydrogen-bond donors (Lipinski definition) is 2. The van der Waals surface area contributed by atoms with E-state index in [-0.39, 0.29) is 16.6 Å². The number of carbonyl (C=O) groups is 2. The van der Waals surface area contributed by atoms with Gasteiger partial charge in [-0.2, -0.15) is 0 Å². The molecular formula is C11H7NO4. The summed E-state index contributed by atoms with van der Waals surface area (Å²) in [5, 5.41) is 18.5. The van der Waals surface area contributed by atoms with E-state index in [1.807, 2.05) is 0 Å². The maximum absolute atomic E-state index is 11.0. The first-order chi connectivity index (χ1) is 7.61. The Hall–Kier alpha value is -2.43. The Labute approximate surface area is 90.0 Å². The third-order valence-electron chi connectivity index (χ3n) is 2.22. The van der Waals surface area contributed by atoms with Crippen molar-refractivity contribution in [2.24, 2.45) is 0 Å². The molecule has 2 rings (SSSR count). The Kier molecular flexibility index (Phi) is 2.28. The van der Waals surface area contributed by atoms with Crippen molar-refractivity contribution in [3.8, 4) is 0 Å². The fraction of sp³-hybridized carbons (Fsp3) is 0. The van der Waals surface area contributed by atoms with Crippen molar-refractivity contribution in [3.63, 3.8) is 0 Å². The first kappa shape index (κ1) is 10.1. The molecule has 1 aromatic heterocycles. The number of pyridine rings is 1. The summed E-state index contributed by atoms with van der Waals surface area (Å²) in [6, 6.07) is 6.16. The lowest BCUT2D eigenvalue weighted by molar-refractivity contribution is 0.0653. The van der Waals surface area contributed by atoms with Gasteiger partial charge in [-0.25, -0.2) is 9.59 Å². The molecule has 0 aliphatic heterocycles. The van der Waals surface area contributed by atoms with E-state index in [1.165, 1.54) is 18.3 Å². The van der Waals surface area contributed by atoms with Gasteiger partial charge in [0.2, 0.25) is 0 Å². The number of fused-ring (bicyclic) bond motifs is 1. The zero-order chi connectivity index (χ0) is 11.7. The predicted molar refractivity (Wildman–Crippen MR) is 55.7 cm³/mol. The highest BCUT2D eigenvalue weighted by Gasteiger charge is 2.19. The van der Waals surface area contributed by atoms with Gasteiger partial charge in [-0.15, -0.1) is 0 Å². The van der Waals surface area contributed by atoms with Gasteiger partial charge in [0, 0.05) is 11.6 Å². The van der Waals surface area contributed by atoms with E-state index in [0.29, 0.717) is 5.39 Å². The van der Waals surface area contributed by atoms with Crippen molar-refractivity contribution in [2.45, 2.75) is 0 Å². The van der Waals surface area contributed by atoms with E-state index in [0.717, 1.165) is 0 Å². The molecule has 5 nitrogen and oxygen atoms in total. The van der Waals surface area contributed by atoms with E-state index in [2.05, 4.69) is 4.98 Å². The standard InChI is InChI=1S/C11H7NO4/c13-10(14)7-4-3-6-2-1-5-12-9(6)8(7)11(15)16/h1-5H,(H,13,14)(H,15,16). The molecule has 0 amide bonds. The SMILES string of the molecule is O=C(O)c1ccc2cccnc2c1C(=O)O. The summed E-state index contributed by atoms with van der Waals surface area (Å²) >= 11 is 0. The van der Waals surface area contributed by atoms with Crippen LogP contribution < -0.4 is 0 Å². The molecule has 2 aromatic rings. The van der Waals surface area contributed by atoms with Gasteiger partial charge >= 0.3 is 11.9 Å². The number of benzene rings is 1. The average molecular weight is 217 g/mol. The molecule has 0 aliphatic rings. The van der Waals surface area contributed by atoms with E-state index in [4.69, 9.17) is 10.2 Å². The molecule has 80 valence electrons. The second kappa shape index (κ2) is 3.62. The molecule has 0 atom stereocenters. The summed E-state index contributed by atoms with van der Waals surface area (Å²) in [4.78, 5) is 25.8. The van der Waals surface area contributed by atoms with Crippen LogP contribution >= 0.6 is 0 Å². The minimum atomic E-state index is -1.29. The average Bonchev–Trinajstić information content (AvgIpc) is 2.27. The number of carboxylic acids is 2. The van der Waals surface area contributed by atoms with Crippen molar-refractivity contribution in [3.05, 3.63) is 41.6 Å². The molecule has 0 fully saturated rings. The molecule has 0 unspecified atom stereocenters. The molecule has 5 heteroatoms. The molecule has 0 radical (unpaired) electrons. The largest absolute Gasteiger partial charge is 0.478 e. The third-order valence-corrected chi connectivity index (χ3v) is 2.22. The van der Waals surface area contributed by atoms with Gasteiger partial charge in [0.25, 0.3) is 0 Å². The summed E-state index contributed by atoms with van der Waals surface area (Å²) in [6.07, 6.45) is 1.43. The fourth-order valence-electron chi connectivity index (χ4n) is 1.54. The molecule has 2 N–H and O–H groups in total. The lowest BCUT2D eigenvalue weighted by Gasteiger charge is -2.04. The Morgan fingerprint density at radius 3 is 2.44 bits per heavy atom. The van der Waals surface area contributed by atoms with Crippen molar-refractivity contribution in [1.82, 2.24) is 4.98 Å². The van der Waals surface area contributed by atoms with Crippen molar-refractivity contribution in [2.75, 3.05) is 0 Å². The van der Waals surface area contributed by atoms with Gasteiger partial charge in [-0.1, -0.05) is 12.1 Å². The van der Waals surface area contributed by atoms with Crippen molar-refractivity contribution in [1.29, 1.82) is 0 Å². The quantitative estimate of drug-likeness (QED) is 0.798. The Balaban J connectivity index is 2.90. The molecule has 16 heavy (non-hydrogen) atoms. The lowest BCUT2D eigenvalue weighted by atomic mass is 10.0. The van der Waals surface area contributed by atoms with Crippen LogP contribution in [0.1, 0.15) is 20.7 Å². The number of aromatic nitrogens is 1. The van der Waals surface area contributed by atoms with Crippen molar-refractivity contribution < 1.29 is 19.8 Å². The van der Waals surface area contributed by atoms with Crippen LogP contribution in [0.25, 0.3) is 10.9 Å². The highest BCUT2D eigenvalue weighted by molar-refractivity contribution is 6.10. The summed E-state index contributed by atoms with van der Waals surface area (Å²) < 4.78 is 0. The first-order valence-corrected chi connectivity index (χ1v) is 4.45. The van der Waals surface area contributed by atoms with Crippen LogP contribution in [0.5, 0.6) is 0 Å². The van der Waals surface area contributed by atoms with Gasteiger partial charge in [-0.05, 0) is 12.1 Å². The first-order valence-electron chi connectivity index (χ1n) is 4.45. The maximum Gasteiger partial charge on any atom is 0.338 e. The Bertz CT molecular complexity index is 592. The molecule has 1 heterocycles. The number of hydrogen-bond acceptors (Lipinski definition) is 3. The zero-order valence-electron chi connectivity index (χ0n) is 8.04. The number of aromatic carboxylic acids is 2. The second-order valence-electron chi connectivity index (χ2n) is 3.17. The monoisotopic (exact) mass is 217 g/mol. The Morgan fingerprint density at radius 1 is 1.06 bits per heavy atom. The smallest absolute Gasteiger partial charge is 0.338 e. The maximum atomic E-state index is 11.0. The van der Waals surface area contributed by atoms with Gasteiger partial charge < -0.3 is 10.2 Å². The summed E-state index contributed by atoms with van der Waals surface area (Å²) in [5.41, 5.74) is -0.334. The third kappa shape index (κ3) is 1.48. The lowest BCUT2D eigenvalue weighted by Crippen LogP contribution is -2.09. The fourth-order valence-corrected chi connectivity index (χ4v) is 1.54. The van der Waals surface area contributed by atoms with Crippen LogP contribution in [0.2, 0.25) is 0 Å². The minimum Gasteiger partial charge on any atom is -0.478 e. The molecule has 0 saturated carbocycles. The topological polar surface area (TPSA) is 87.5 Å². The zero-order valence-corrected chi connectivity index (χ0v) is 8.04. The molecule has 1 aromatic carbocycles. The highest BCUT2D eigenvalue weighted by atomic mass is 16.4. The summed E-state index contributed by atoms with van der Waals surface area (Å²) in [7, 11) is 0. The van der Waals surface area contributed by atoms with Crippen LogP contribution in [-0.4, -0.2) is 27.1 Å². The van der Waals surface area contributed by atoms with Crippen LogP contribution in [0.15, 0.2) is 30.5 Å². The number of nitrogens with zero attached hydrogens (tertiary/aromatic N) is 1. The predicted octanol–water partition coefficient (Wildman–Crippen LogP) is 1.63. The molecule has 0 spiro atoms. The molecular weight excluding hydrogens is 210 g/mol. The van der Waals surface area contributed by atoms with Crippen LogP contribution in [-0.2, 0) is 0 Å². The van der Waals surface area contributed by atoms with Gasteiger partial charge in [-0.3, -0.25) is 4.98 Å². The second-order valence-corrected chi connectivity index (χ2v) is 3.17. The minimum absolute atomic E-state index is 0.190. The molecule has 0 aliphatic carbocycles. The van der Waals surface area contributed by atoms with Gasteiger partial charge in [0.15, 0.2) is 0 Å². The van der Waals surface area contributed by atoms with E-state index < -0.39 is 11.9 Å². The van der Waals surface area contributed by atoms with Crippen LogP contribution in [0.4, 0.5) is 0 Å². The van der Waals surface area contributed by atoms with E-state index in [9.17, 15) is 9.59 Å². The summed E-state index contributed by atoms with van der Waals surface area (Å²) in [5.74, 6) is -2.56. The molecule has 0 saturated heterocycles. The van der Waals surface area contributed by atoms with E-state index in [1.54, 1.807) is 12.1 Å². The molecule has 0 bridgehead atoms. The van der Waals surface area contributed by atoms with Crippen LogP contribution in [0.3, 0.4) is 0 Å². The van der Waals surface area contributed by atoms with E-state index >= 15 is 0 Å².